The highest BCUT2D eigenvalue weighted by Gasteiger charge is 2.15. The fourth-order valence-electron chi connectivity index (χ4n) is 2.09. The number of methoxy groups -OCH3 is 2. The molecule has 0 heterocycles. The summed E-state index contributed by atoms with van der Waals surface area (Å²) in [6.45, 7) is 0. The van der Waals surface area contributed by atoms with Crippen molar-refractivity contribution in [2.45, 2.75) is 0 Å². The van der Waals surface area contributed by atoms with E-state index >= 15 is 0 Å². The van der Waals surface area contributed by atoms with Crippen LogP contribution in [-0.4, -0.2) is 24.9 Å². The summed E-state index contributed by atoms with van der Waals surface area (Å²) in [5.74, 6) is 0.488. The first kappa shape index (κ1) is 16.2. The maximum absolute atomic E-state index is 12.4. The van der Waals surface area contributed by atoms with E-state index in [0.717, 1.165) is 0 Å². The Hall–Kier alpha value is -3.15. The summed E-state index contributed by atoms with van der Waals surface area (Å²) in [6.07, 6.45) is 2.85. The molecule has 0 aliphatic carbocycles. The number of carbonyl (C=O) groups is 1. The number of hydrogen-bond acceptors (Lipinski definition) is 5. The van der Waals surface area contributed by atoms with Crippen molar-refractivity contribution >= 4 is 17.5 Å². The van der Waals surface area contributed by atoms with Gasteiger partial charge in [0.05, 0.1) is 19.1 Å². The number of nitro groups is 1. The van der Waals surface area contributed by atoms with Crippen molar-refractivity contribution in [1.29, 1.82) is 0 Å². The number of hydrogen-bond donors (Lipinski definition) is 0. The van der Waals surface area contributed by atoms with E-state index in [1.807, 2.05) is 0 Å². The van der Waals surface area contributed by atoms with Crippen molar-refractivity contribution in [2.75, 3.05) is 14.2 Å². The van der Waals surface area contributed by atoms with E-state index in [-0.39, 0.29) is 11.5 Å². The Morgan fingerprint density at radius 3 is 2.26 bits per heavy atom. The second-order valence-corrected chi connectivity index (χ2v) is 4.59. The van der Waals surface area contributed by atoms with Gasteiger partial charge >= 0.3 is 0 Å². The Bertz CT molecular complexity index is 745. The number of non-ortho nitro benzene ring substituents is 1. The van der Waals surface area contributed by atoms with Crippen LogP contribution < -0.4 is 9.47 Å². The summed E-state index contributed by atoms with van der Waals surface area (Å²) >= 11 is 0. The largest absolute Gasteiger partial charge is 0.496 e. The van der Waals surface area contributed by atoms with Crippen LogP contribution in [0.25, 0.3) is 6.08 Å². The minimum Gasteiger partial charge on any atom is -0.496 e. The van der Waals surface area contributed by atoms with Gasteiger partial charge in [-0.3, -0.25) is 14.9 Å². The highest BCUT2D eigenvalue weighted by molar-refractivity contribution is 6.10. The van der Waals surface area contributed by atoms with Gasteiger partial charge in [0, 0.05) is 12.1 Å². The molecule has 2 rings (SSSR count). The first-order chi connectivity index (χ1) is 11.1. The molecular formula is C17H15NO5. The molecule has 23 heavy (non-hydrogen) atoms. The Morgan fingerprint density at radius 2 is 1.70 bits per heavy atom. The lowest BCUT2D eigenvalue weighted by molar-refractivity contribution is -0.384. The lowest BCUT2D eigenvalue weighted by Crippen LogP contribution is -2.02. The first-order valence-corrected chi connectivity index (χ1v) is 6.74. The van der Waals surface area contributed by atoms with Crippen LogP contribution >= 0.6 is 0 Å². The quantitative estimate of drug-likeness (QED) is 0.353. The molecule has 0 radical (unpaired) electrons. The average molecular weight is 313 g/mol. The molecule has 2 aromatic carbocycles. The molecule has 6 heteroatoms. The summed E-state index contributed by atoms with van der Waals surface area (Å²) in [6, 6.07) is 11.1. The van der Waals surface area contributed by atoms with Crippen molar-refractivity contribution in [3.8, 4) is 11.5 Å². The molecule has 0 aromatic heterocycles. The van der Waals surface area contributed by atoms with Gasteiger partial charge in [-0.15, -0.1) is 0 Å². The van der Waals surface area contributed by atoms with Gasteiger partial charge in [0.2, 0.25) is 0 Å². The minimum absolute atomic E-state index is 0.0329. The summed E-state index contributed by atoms with van der Waals surface area (Å²) in [4.78, 5) is 22.7. The van der Waals surface area contributed by atoms with Crippen LogP contribution in [-0.2, 0) is 0 Å². The highest BCUT2D eigenvalue weighted by atomic mass is 16.6. The molecule has 0 saturated carbocycles. The first-order valence-electron chi connectivity index (χ1n) is 6.74. The molecule has 0 spiro atoms. The molecule has 0 fully saturated rings. The van der Waals surface area contributed by atoms with Gasteiger partial charge in [-0.25, -0.2) is 0 Å². The molecule has 0 atom stereocenters. The van der Waals surface area contributed by atoms with Gasteiger partial charge < -0.3 is 9.47 Å². The monoisotopic (exact) mass is 313 g/mol. The molecule has 2 aromatic rings. The lowest BCUT2D eigenvalue weighted by Gasteiger charge is -2.10. The smallest absolute Gasteiger partial charge is 0.270 e. The fourth-order valence-corrected chi connectivity index (χ4v) is 2.09. The van der Waals surface area contributed by atoms with Gasteiger partial charge in [-0.05, 0) is 23.8 Å². The van der Waals surface area contributed by atoms with Crippen LogP contribution in [0.3, 0.4) is 0 Å². The van der Waals surface area contributed by atoms with Crippen LogP contribution in [0.15, 0.2) is 48.5 Å². The molecule has 0 aliphatic heterocycles. The van der Waals surface area contributed by atoms with Crippen LogP contribution in [0.4, 0.5) is 5.69 Å². The van der Waals surface area contributed by atoms with E-state index in [2.05, 4.69) is 0 Å². The van der Waals surface area contributed by atoms with Gasteiger partial charge in [-0.1, -0.05) is 24.3 Å². The second-order valence-electron chi connectivity index (χ2n) is 4.59. The van der Waals surface area contributed by atoms with Gasteiger partial charge in [-0.2, -0.15) is 0 Å². The Morgan fingerprint density at radius 1 is 1.09 bits per heavy atom. The number of nitro benzene ring substituents is 1. The predicted molar refractivity (Wildman–Crippen MR) is 86.0 cm³/mol. The van der Waals surface area contributed by atoms with E-state index in [9.17, 15) is 14.9 Å². The van der Waals surface area contributed by atoms with Gasteiger partial charge in [0.25, 0.3) is 5.69 Å². The lowest BCUT2D eigenvalue weighted by atomic mass is 10.1. The summed E-state index contributed by atoms with van der Waals surface area (Å²) in [7, 11) is 2.94. The third-order valence-electron chi connectivity index (χ3n) is 3.18. The molecule has 0 amide bonds. The number of rotatable bonds is 6. The number of benzene rings is 2. The number of ketones is 1. The molecular weight excluding hydrogens is 298 g/mol. The SMILES string of the molecule is COc1cccc(OC)c1C(=O)/C=C/c1cccc([N+](=O)[O-])c1. The average Bonchev–Trinajstić information content (AvgIpc) is 2.59. The number of allylic oxidation sites excluding steroid dienone is 1. The van der Waals surface area contributed by atoms with E-state index in [1.165, 1.54) is 38.5 Å². The molecule has 0 saturated heterocycles. The summed E-state index contributed by atoms with van der Waals surface area (Å²) in [5.41, 5.74) is 0.829. The molecule has 0 N–H and O–H groups in total. The Balaban J connectivity index is 2.32. The zero-order valence-corrected chi connectivity index (χ0v) is 12.7. The summed E-state index contributed by atoms with van der Waals surface area (Å²) in [5, 5.41) is 10.8. The third-order valence-corrected chi connectivity index (χ3v) is 3.18. The van der Waals surface area contributed by atoms with Gasteiger partial charge in [0.1, 0.15) is 17.1 Å². The maximum atomic E-state index is 12.4. The highest BCUT2D eigenvalue weighted by Crippen LogP contribution is 2.29. The van der Waals surface area contributed by atoms with Crippen molar-refractivity contribution < 1.29 is 19.2 Å². The van der Waals surface area contributed by atoms with Crippen LogP contribution in [0.1, 0.15) is 15.9 Å². The predicted octanol–water partition coefficient (Wildman–Crippen LogP) is 3.51. The van der Waals surface area contributed by atoms with E-state index < -0.39 is 4.92 Å². The van der Waals surface area contributed by atoms with E-state index in [4.69, 9.17) is 9.47 Å². The molecule has 0 unspecified atom stereocenters. The molecule has 0 aliphatic rings. The molecule has 6 nitrogen and oxygen atoms in total. The Kier molecular flexibility index (Phi) is 5.09. The van der Waals surface area contributed by atoms with Gasteiger partial charge in [0.15, 0.2) is 5.78 Å². The van der Waals surface area contributed by atoms with Crippen LogP contribution in [0, 0.1) is 10.1 Å². The number of ether oxygens (including phenoxy) is 2. The standard InChI is InChI=1S/C17H15NO5/c1-22-15-7-4-8-16(23-2)17(15)14(19)10-9-12-5-3-6-13(11-12)18(20)21/h3-11H,1-2H3/b10-9+. The minimum atomic E-state index is -0.484. The fraction of sp³-hybridized carbons (Fsp3) is 0.118. The normalized spacial score (nSPS) is 10.5. The van der Waals surface area contributed by atoms with Crippen molar-refractivity contribution in [2.24, 2.45) is 0 Å². The topological polar surface area (TPSA) is 78.7 Å². The summed E-state index contributed by atoms with van der Waals surface area (Å²) < 4.78 is 10.4. The maximum Gasteiger partial charge on any atom is 0.270 e. The van der Waals surface area contributed by atoms with Crippen LogP contribution in [0.5, 0.6) is 11.5 Å². The second kappa shape index (κ2) is 7.22. The zero-order valence-electron chi connectivity index (χ0n) is 12.7. The van der Waals surface area contributed by atoms with E-state index in [0.29, 0.717) is 22.6 Å². The van der Waals surface area contributed by atoms with Crippen molar-refractivity contribution in [3.63, 3.8) is 0 Å². The van der Waals surface area contributed by atoms with Crippen LogP contribution in [0.2, 0.25) is 0 Å². The number of nitrogens with zero attached hydrogens (tertiary/aromatic N) is 1. The number of carbonyl (C=O) groups excluding carboxylic acids is 1. The van der Waals surface area contributed by atoms with Crippen molar-refractivity contribution in [3.05, 3.63) is 69.8 Å². The molecule has 118 valence electrons. The third kappa shape index (κ3) is 3.74. The zero-order chi connectivity index (χ0) is 16.8. The Labute approximate surface area is 133 Å². The molecule has 0 bridgehead atoms. The van der Waals surface area contributed by atoms with Crippen molar-refractivity contribution in [1.82, 2.24) is 0 Å². The van der Waals surface area contributed by atoms with E-state index in [1.54, 1.807) is 30.3 Å².